The second-order valence-electron chi connectivity index (χ2n) is 9.40. The summed E-state index contributed by atoms with van der Waals surface area (Å²) in [5.74, 6) is -0.384. The summed E-state index contributed by atoms with van der Waals surface area (Å²) in [7, 11) is -3.52. The number of hydrogen-bond acceptors (Lipinski definition) is 4. The number of amides is 1. The van der Waals surface area contributed by atoms with Gasteiger partial charge in [0.05, 0.1) is 30.4 Å². The number of hydrogen-bond donors (Lipinski definition) is 1. The number of carbonyl (C=O) groups is 1. The molecule has 1 N–H and O–H groups in total. The molecular formula is C30H32N4O3S. The lowest BCUT2D eigenvalue weighted by molar-refractivity contribution is 0.0955. The molecule has 4 rings (SSSR count). The Morgan fingerprint density at radius 2 is 1.55 bits per heavy atom. The Morgan fingerprint density at radius 1 is 0.921 bits per heavy atom. The largest absolute Gasteiger partial charge is 0.317 e. The van der Waals surface area contributed by atoms with Gasteiger partial charge in [0.2, 0.25) is 10.0 Å². The van der Waals surface area contributed by atoms with Gasteiger partial charge < -0.3 is 4.57 Å². The van der Waals surface area contributed by atoms with Crippen molar-refractivity contribution in [2.45, 2.75) is 34.2 Å². The third kappa shape index (κ3) is 5.86. The molecule has 0 aliphatic carbocycles. The summed E-state index contributed by atoms with van der Waals surface area (Å²) in [6.45, 7) is 8.47. The molecule has 0 saturated carbocycles. The number of sulfonamides is 1. The lowest BCUT2D eigenvalue weighted by Gasteiger charge is -2.22. The van der Waals surface area contributed by atoms with Crippen LogP contribution in [0.3, 0.4) is 0 Å². The number of para-hydroxylation sites is 1. The van der Waals surface area contributed by atoms with Gasteiger partial charge in [0, 0.05) is 22.5 Å². The highest BCUT2D eigenvalue weighted by atomic mass is 32.2. The Kier molecular flexibility index (Phi) is 7.83. The fourth-order valence-corrected chi connectivity index (χ4v) is 5.46. The zero-order valence-electron chi connectivity index (χ0n) is 22.3. The molecule has 1 heterocycles. The highest BCUT2D eigenvalue weighted by Crippen LogP contribution is 2.25. The van der Waals surface area contributed by atoms with E-state index in [-0.39, 0.29) is 12.5 Å². The van der Waals surface area contributed by atoms with E-state index in [0.29, 0.717) is 11.3 Å². The molecule has 196 valence electrons. The Bertz CT molecular complexity index is 1570. The summed E-state index contributed by atoms with van der Waals surface area (Å²) >= 11 is 0. The Labute approximate surface area is 224 Å². The molecule has 0 radical (unpaired) electrons. The van der Waals surface area contributed by atoms with E-state index in [1.165, 1.54) is 21.7 Å². The van der Waals surface area contributed by atoms with Crippen molar-refractivity contribution in [1.29, 1.82) is 0 Å². The quantitative estimate of drug-likeness (QED) is 0.244. The van der Waals surface area contributed by atoms with Crippen LogP contribution in [0.2, 0.25) is 0 Å². The van der Waals surface area contributed by atoms with Gasteiger partial charge >= 0.3 is 0 Å². The average molecular weight is 529 g/mol. The van der Waals surface area contributed by atoms with Crippen LogP contribution in [0.5, 0.6) is 0 Å². The van der Waals surface area contributed by atoms with Crippen molar-refractivity contribution < 1.29 is 13.2 Å². The molecule has 0 aliphatic heterocycles. The molecule has 0 atom stereocenters. The van der Waals surface area contributed by atoms with Crippen molar-refractivity contribution in [3.8, 4) is 5.69 Å². The molecule has 8 heteroatoms. The normalized spacial score (nSPS) is 11.6. The van der Waals surface area contributed by atoms with Crippen LogP contribution >= 0.6 is 0 Å². The number of nitrogens with one attached hydrogen (secondary N) is 1. The summed E-state index contributed by atoms with van der Waals surface area (Å²) in [5, 5.41) is 4.18. The number of carbonyl (C=O) groups excluding carboxylic acids is 1. The molecule has 7 nitrogen and oxygen atoms in total. The highest BCUT2D eigenvalue weighted by molar-refractivity contribution is 7.92. The first-order valence-corrected chi connectivity index (χ1v) is 14.1. The van der Waals surface area contributed by atoms with E-state index in [1.54, 1.807) is 30.5 Å². The van der Waals surface area contributed by atoms with Crippen LogP contribution in [0.15, 0.2) is 84.0 Å². The van der Waals surface area contributed by atoms with Crippen molar-refractivity contribution in [3.05, 3.63) is 118 Å². The molecule has 0 bridgehead atoms. The molecule has 3 aromatic carbocycles. The second-order valence-corrected chi connectivity index (χ2v) is 11.3. The fraction of sp³-hybridized carbons (Fsp3) is 0.200. The highest BCUT2D eigenvalue weighted by Gasteiger charge is 2.18. The number of anilines is 1. The Morgan fingerprint density at radius 3 is 2.16 bits per heavy atom. The number of benzene rings is 3. The van der Waals surface area contributed by atoms with Gasteiger partial charge in [-0.15, -0.1) is 0 Å². The number of aromatic nitrogens is 1. The van der Waals surface area contributed by atoms with E-state index in [9.17, 15) is 13.2 Å². The lowest BCUT2D eigenvalue weighted by atomic mass is 10.1. The van der Waals surface area contributed by atoms with Crippen LogP contribution in [-0.2, 0) is 16.6 Å². The lowest BCUT2D eigenvalue weighted by Crippen LogP contribution is -2.29. The zero-order valence-corrected chi connectivity index (χ0v) is 23.1. The molecule has 0 fully saturated rings. The molecule has 38 heavy (non-hydrogen) atoms. The van der Waals surface area contributed by atoms with E-state index in [4.69, 9.17) is 0 Å². The van der Waals surface area contributed by atoms with Gasteiger partial charge in [0.25, 0.3) is 5.91 Å². The first-order valence-electron chi connectivity index (χ1n) is 12.3. The first-order chi connectivity index (χ1) is 18.1. The minimum atomic E-state index is -3.52. The third-order valence-corrected chi connectivity index (χ3v) is 7.63. The Balaban J connectivity index is 1.48. The number of hydrazone groups is 1. The summed E-state index contributed by atoms with van der Waals surface area (Å²) in [4.78, 5) is 12.7. The first kappa shape index (κ1) is 26.9. The van der Waals surface area contributed by atoms with Crippen molar-refractivity contribution >= 4 is 27.8 Å². The van der Waals surface area contributed by atoms with Gasteiger partial charge in [-0.3, -0.25) is 9.10 Å². The van der Waals surface area contributed by atoms with Crippen LogP contribution in [0.25, 0.3) is 5.69 Å². The average Bonchev–Trinajstić information content (AvgIpc) is 3.15. The Hall–Kier alpha value is -4.17. The van der Waals surface area contributed by atoms with Gasteiger partial charge in [0.1, 0.15) is 0 Å². The zero-order chi connectivity index (χ0) is 27.4. The van der Waals surface area contributed by atoms with Gasteiger partial charge in [0.15, 0.2) is 0 Å². The van der Waals surface area contributed by atoms with Crippen LogP contribution < -0.4 is 9.73 Å². The predicted molar refractivity (Wildman–Crippen MR) is 154 cm³/mol. The van der Waals surface area contributed by atoms with Crippen molar-refractivity contribution in [3.63, 3.8) is 0 Å². The van der Waals surface area contributed by atoms with Crippen molar-refractivity contribution in [1.82, 2.24) is 9.99 Å². The summed E-state index contributed by atoms with van der Waals surface area (Å²) < 4.78 is 28.4. The molecule has 1 amide bonds. The standard InChI is InChI=1S/C30H32N4O3S/c1-21-10-9-11-22(2)29(21)34-23(3)18-27(24(34)4)19-31-32-30(35)26-14-16-28(17-15-26)33(38(5,36)37)20-25-12-7-6-8-13-25/h6-19H,20H2,1-5H3,(H,32,35)/b31-19+. The van der Waals surface area contributed by atoms with Crippen molar-refractivity contribution in [2.75, 3.05) is 10.6 Å². The topological polar surface area (TPSA) is 83.8 Å². The van der Waals surface area contributed by atoms with E-state index < -0.39 is 10.0 Å². The minimum Gasteiger partial charge on any atom is -0.317 e. The number of aryl methyl sites for hydroxylation is 3. The van der Waals surface area contributed by atoms with Gasteiger partial charge in [-0.2, -0.15) is 5.10 Å². The summed E-state index contributed by atoms with van der Waals surface area (Å²) in [6.07, 6.45) is 2.81. The van der Waals surface area contributed by atoms with E-state index >= 15 is 0 Å². The van der Waals surface area contributed by atoms with E-state index in [1.807, 2.05) is 50.2 Å². The monoisotopic (exact) mass is 528 g/mol. The van der Waals surface area contributed by atoms with Gasteiger partial charge in [-0.1, -0.05) is 48.5 Å². The van der Waals surface area contributed by atoms with E-state index in [2.05, 4.69) is 47.1 Å². The molecule has 0 unspecified atom stereocenters. The molecule has 0 spiro atoms. The molecule has 1 aromatic heterocycles. The maximum atomic E-state index is 12.7. The molecule has 0 saturated heterocycles. The minimum absolute atomic E-state index is 0.204. The van der Waals surface area contributed by atoms with E-state index in [0.717, 1.165) is 28.2 Å². The van der Waals surface area contributed by atoms with Crippen molar-refractivity contribution in [2.24, 2.45) is 5.10 Å². The third-order valence-electron chi connectivity index (χ3n) is 6.49. The van der Waals surface area contributed by atoms with Crippen LogP contribution in [-0.4, -0.2) is 31.4 Å². The molecular weight excluding hydrogens is 496 g/mol. The molecule has 0 aliphatic rings. The SMILES string of the molecule is Cc1cccc(C)c1-n1c(C)cc(/C=N/NC(=O)c2ccc(N(Cc3ccccc3)S(C)(=O)=O)cc2)c1C. The van der Waals surface area contributed by atoms with Gasteiger partial charge in [-0.25, -0.2) is 13.8 Å². The predicted octanol–water partition coefficient (Wildman–Crippen LogP) is 5.44. The smallest absolute Gasteiger partial charge is 0.271 e. The summed E-state index contributed by atoms with van der Waals surface area (Å²) in [6, 6.07) is 24.1. The summed E-state index contributed by atoms with van der Waals surface area (Å²) in [5.41, 5.74) is 10.8. The van der Waals surface area contributed by atoms with Gasteiger partial charge in [-0.05, 0) is 74.7 Å². The number of rotatable bonds is 8. The van der Waals surface area contributed by atoms with Crippen LogP contribution in [0, 0.1) is 27.7 Å². The second kappa shape index (κ2) is 11.1. The van der Waals surface area contributed by atoms with Crippen LogP contribution in [0.1, 0.15) is 44.0 Å². The number of nitrogens with zero attached hydrogens (tertiary/aromatic N) is 3. The fourth-order valence-electron chi connectivity index (χ4n) is 4.57. The van der Waals surface area contributed by atoms with Crippen LogP contribution in [0.4, 0.5) is 5.69 Å². The maximum Gasteiger partial charge on any atom is 0.271 e. The molecule has 4 aromatic rings. The maximum absolute atomic E-state index is 12.7.